The van der Waals surface area contributed by atoms with Gasteiger partial charge in [0.1, 0.15) is 58.1 Å². The zero-order chi connectivity index (χ0) is 90.1. The van der Waals surface area contributed by atoms with Crippen molar-refractivity contribution in [3.8, 4) is 46.0 Å². The van der Waals surface area contributed by atoms with Gasteiger partial charge in [0.15, 0.2) is 0 Å². The number of carbonyl (C=O) groups is 6. The molecule has 0 saturated carbocycles. The number of hydrogen-bond acceptors (Lipinski definition) is 24. The van der Waals surface area contributed by atoms with Crippen molar-refractivity contribution >= 4 is 160 Å². The zero-order valence-electron chi connectivity index (χ0n) is 73.2. The molecule has 11 aromatic carbocycles. The summed E-state index contributed by atoms with van der Waals surface area (Å²) < 4.78 is 98.8. The minimum atomic E-state index is -3.03. The summed E-state index contributed by atoms with van der Waals surface area (Å²) in [5.74, 6) is -5.17. The number of carbonyl (C=O) groups excluding carboxylic acids is 6. The van der Waals surface area contributed by atoms with Crippen molar-refractivity contribution in [2.75, 3.05) is 120 Å². The standard InChI is InChI=1S/C92H104Cl2N6O22Si4/c1-55(2)85(87(101)97-63-29-25-59(93)26-30-63)99-89(103)69-51-73(119-65-37-21-57(22-38-65)19-17-47-123(107-5,108-6)109-7)79-81-75(121-67-41-33-61(34-42-67)95-45-49-125(113-11,114-12)115-13)53-71-78-72(92(106)100(91(71)105)86(56(3)4)88(102)98-64-31-27-60(94)28-32-64)54-76(122-68-43-35-62(36-44-68)96-46-50-126(116-14,117-15)118-16)82(84(78)81)80-74(52-70(90(99)104)77(69)83(79)80)120-66-39-23-58(24-40-66)20-18-48-124(110-8,111-9)112-10/h21-44,51-56,85-86,95-96H,17-20,45-50H2,1-16H3,(H,97,101)(H,98,102). The van der Waals surface area contributed by atoms with Crippen molar-refractivity contribution < 1.29 is 101 Å². The average Bonchev–Trinajstić information content (AvgIpc) is 0.669. The van der Waals surface area contributed by atoms with Gasteiger partial charge >= 0.3 is 35.2 Å². The summed E-state index contributed by atoms with van der Waals surface area (Å²) in [7, 11) is 6.69. The Kier molecular flexibility index (Phi) is 29.9. The topological polar surface area (TPSA) is 305 Å². The van der Waals surface area contributed by atoms with Gasteiger partial charge in [-0.15, -0.1) is 0 Å². The molecule has 6 amide bonds. The van der Waals surface area contributed by atoms with Crippen LogP contribution in [0.1, 0.15) is 93.1 Å². The number of hydrogen-bond donors (Lipinski definition) is 4. The summed E-state index contributed by atoms with van der Waals surface area (Å²) in [4.78, 5) is 99.2. The maximum atomic E-state index is 16.7. The number of amides is 6. The Morgan fingerprint density at radius 1 is 0.317 bits per heavy atom. The Morgan fingerprint density at radius 2 is 0.556 bits per heavy atom. The molecule has 0 aliphatic carbocycles. The van der Waals surface area contributed by atoms with Crippen molar-refractivity contribution in [2.45, 2.75) is 89.6 Å². The van der Waals surface area contributed by atoms with E-state index < -0.39 is 94.6 Å². The molecule has 28 nitrogen and oxygen atoms in total. The smallest absolute Gasteiger partial charge is 0.457 e. The van der Waals surface area contributed by atoms with Gasteiger partial charge in [-0.25, -0.2) is 0 Å². The molecule has 0 spiro atoms. The van der Waals surface area contributed by atoms with E-state index in [0.717, 1.165) is 20.9 Å². The van der Waals surface area contributed by atoms with Gasteiger partial charge in [-0.05, 0) is 194 Å². The zero-order valence-corrected chi connectivity index (χ0v) is 78.7. The maximum Gasteiger partial charge on any atom is 0.501 e. The second-order valence-corrected chi connectivity index (χ2v) is 44.2. The molecule has 2 unspecified atom stereocenters. The van der Waals surface area contributed by atoms with Crippen molar-refractivity contribution in [1.29, 1.82) is 0 Å². The summed E-state index contributed by atoms with van der Waals surface area (Å²) in [6, 6.07) is 47.0. The monoisotopic (exact) mass is 1830 g/mol. The fraction of sp³-hybridized carbons (Fsp3) is 0.326. The van der Waals surface area contributed by atoms with Gasteiger partial charge < -0.3 is 93.3 Å². The number of imide groups is 2. The first-order chi connectivity index (χ1) is 60.7. The molecule has 2 aliphatic rings. The third-order valence-corrected chi connectivity index (χ3v) is 34.8. The Morgan fingerprint density at radius 3 is 0.802 bits per heavy atom. The van der Waals surface area contributed by atoms with Gasteiger partial charge in [-0.3, -0.25) is 38.6 Å². The fourth-order valence-corrected chi connectivity index (χ4v) is 23.3. The van der Waals surface area contributed by atoms with E-state index in [1.807, 2.05) is 48.5 Å². The molecule has 0 aromatic heterocycles. The Labute approximate surface area is 746 Å². The lowest BCUT2D eigenvalue weighted by atomic mass is 9.80. The van der Waals surface area contributed by atoms with Crippen LogP contribution in [0.2, 0.25) is 34.2 Å². The first-order valence-electron chi connectivity index (χ1n) is 41.1. The molecule has 13 rings (SSSR count). The van der Waals surface area contributed by atoms with Crippen molar-refractivity contribution in [2.24, 2.45) is 11.8 Å². The lowest BCUT2D eigenvalue weighted by Gasteiger charge is -2.37. The summed E-state index contributed by atoms with van der Waals surface area (Å²) >= 11 is 12.7. The lowest BCUT2D eigenvalue weighted by molar-refractivity contribution is -0.121. The number of aryl methyl sites for hydroxylation is 2. The van der Waals surface area contributed by atoms with Crippen LogP contribution in [0, 0.1) is 11.8 Å². The van der Waals surface area contributed by atoms with Crippen LogP contribution in [-0.2, 0) is 75.5 Å². The van der Waals surface area contributed by atoms with E-state index in [9.17, 15) is 0 Å². The van der Waals surface area contributed by atoms with Gasteiger partial charge in [-0.2, -0.15) is 0 Å². The van der Waals surface area contributed by atoms with E-state index in [2.05, 4.69) is 21.3 Å². The third-order valence-electron chi connectivity index (χ3n) is 23.2. The van der Waals surface area contributed by atoms with Gasteiger partial charge in [0.05, 0.1) is 22.3 Å². The van der Waals surface area contributed by atoms with Gasteiger partial charge in [0.2, 0.25) is 11.8 Å². The van der Waals surface area contributed by atoms with Crippen LogP contribution < -0.4 is 40.2 Å². The van der Waals surface area contributed by atoms with E-state index in [0.29, 0.717) is 95.7 Å². The summed E-state index contributed by atoms with van der Waals surface area (Å²) in [6.07, 6.45) is 2.43. The van der Waals surface area contributed by atoms with Crippen LogP contribution in [-0.4, -0.2) is 191 Å². The van der Waals surface area contributed by atoms with Crippen LogP contribution in [0.5, 0.6) is 46.0 Å². The van der Waals surface area contributed by atoms with Gasteiger partial charge in [0.25, 0.3) is 23.6 Å². The number of benzene rings is 11. The second kappa shape index (κ2) is 40.4. The summed E-state index contributed by atoms with van der Waals surface area (Å²) in [6.45, 7) is 7.73. The van der Waals surface area contributed by atoms with Crippen molar-refractivity contribution in [3.63, 3.8) is 0 Å². The fourth-order valence-electron chi connectivity index (χ4n) is 16.5. The Balaban J connectivity index is 1.13. The van der Waals surface area contributed by atoms with Gasteiger partial charge in [0, 0.05) is 198 Å². The predicted molar refractivity (Wildman–Crippen MR) is 492 cm³/mol. The minimum absolute atomic E-state index is 0.00577. The Bertz CT molecular complexity index is 5120. The van der Waals surface area contributed by atoms with Crippen LogP contribution >= 0.6 is 23.2 Å². The van der Waals surface area contributed by atoms with Crippen molar-refractivity contribution in [3.05, 3.63) is 213 Å². The largest absolute Gasteiger partial charge is 0.501 e. The molecule has 664 valence electrons. The van der Waals surface area contributed by atoms with E-state index >= 15 is 28.8 Å². The number of nitrogens with one attached hydrogen (secondary N) is 4. The number of ether oxygens (including phenoxy) is 4. The van der Waals surface area contributed by atoms with E-state index in [4.69, 9.17) is 95.3 Å². The maximum absolute atomic E-state index is 16.7. The molecule has 2 aliphatic heterocycles. The number of rotatable bonds is 44. The normalized spacial score (nSPS) is 13.7. The van der Waals surface area contributed by atoms with E-state index in [1.165, 1.54) is 0 Å². The molecule has 0 saturated heterocycles. The van der Waals surface area contributed by atoms with Crippen LogP contribution in [0.4, 0.5) is 22.7 Å². The summed E-state index contributed by atoms with van der Waals surface area (Å²) in [5.41, 5.74) is 3.63. The molecule has 2 atom stereocenters. The first kappa shape index (κ1) is 93.3. The summed E-state index contributed by atoms with van der Waals surface area (Å²) in [5, 5.41) is 15.0. The SMILES string of the molecule is CO[Si](CCCc1ccc(Oc2cc3c4c(cc(Oc5ccc(CCC[Si](OC)(OC)OC)cc5)c5c6c(Oc7ccc(NCC[Si](OC)(OC)OC)cc7)cc7c8c(cc(Oc9ccc(NCC[Si](OC)(OC)OC)cc9)c(c2c45)c86)C(=O)N(C(C(=O)Nc2ccc(Cl)cc2)C(C)C)C7=O)C(=O)N(C(C(=O)Nc2ccc(Cl)cc2)C(C)C)C3=O)cc1)(OC)OC. The lowest BCUT2D eigenvalue weighted by Crippen LogP contribution is -2.54. The third kappa shape index (κ3) is 19.3. The first-order valence-corrected chi connectivity index (χ1v) is 49.6. The molecule has 0 fully saturated rings. The minimum Gasteiger partial charge on any atom is -0.457 e. The highest BCUT2D eigenvalue weighted by Crippen LogP contribution is 2.59. The molecule has 4 N–H and O–H groups in total. The predicted octanol–water partition coefficient (Wildman–Crippen LogP) is 18.9. The number of fused-ring (bicyclic) bond motifs is 2. The van der Waals surface area contributed by atoms with Crippen LogP contribution in [0.15, 0.2) is 170 Å². The molecular formula is C92H104Cl2N6O22Si4. The quantitative estimate of drug-likeness (QED) is 0.0119. The second-order valence-electron chi connectivity index (χ2n) is 31.0. The van der Waals surface area contributed by atoms with Gasteiger partial charge in [-0.1, -0.05) is 75.2 Å². The molecule has 34 heteroatoms. The van der Waals surface area contributed by atoms with Crippen LogP contribution in [0.25, 0.3) is 43.1 Å². The van der Waals surface area contributed by atoms with Crippen LogP contribution in [0.3, 0.4) is 0 Å². The van der Waals surface area contributed by atoms with Crippen molar-refractivity contribution in [1.82, 2.24) is 9.80 Å². The van der Waals surface area contributed by atoms with E-state index in [1.54, 1.807) is 234 Å². The molecule has 11 aromatic rings. The number of anilines is 4. The van der Waals surface area contributed by atoms with E-state index in [-0.39, 0.29) is 111 Å². The molecule has 0 bridgehead atoms. The highest BCUT2D eigenvalue weighted by atomic mass is 35.5. The molecular weight excluding hydrogens is 1720 g/mol. The molecule has 0 radical (unpaired) electrons. The molecule has 126 heavy (non-hydrogen) atoms. The Hall–Kier alpha value is -10.3. The number of halogens is 2. The average molecular weight is 1830 g/mol. The highest BCUT2D eigenvalue weighted by Gasteiger charge is 2.49. The highest BCUT2D eigenvalue weighted by molar-refractivity contribution is 6.62. The number of nitrogens with zero attached hydrogens (tertiary/aromatic N) is 2. The molecule has 2 heterocycles.